The van der Waals surface area contributed by atoms with Crippen LogP contribution in [0.3, 0.4) is 0 Å². The predicted octanol–water partition coefficient (Wildman–Crippen LogP) is 2.88. The summed E-state index contributed by atoms with van der Waals surface area (Å²) in [7, 11) is -3.30. The highest BCUT2D eigenvalue weighted by Crippen LogP contribution is 2.29. The fraction of sp³-hybridized carbons (Fsp3) is 0.500. The van der Waals surface area contributed by atoms with Crippen LogP contribution in [0, 0.1) is 0 Å². The number of halogens is 2. The first-order chi connectivity index (χ1) is 11.6. The summed E-state index contributed by atoms with van der Waals surface area (Å²) in [5.41, 5.74) is 0.408. The molecule has 0 aromatic heterocycles. The molecule has 0 aliphatic carbocycles. The number of amides is 1. The van der Waals surface area contributed by atoms with Crippen LogP contribution in [0.25, 0.3) is 0 Å². The minimum absolute atomic E-state index is 0.138. The molecule has 0 unspecified atom stereocenters. The Kier molecular flexibility index (Phi) is 8.18. The van der Waals surface area contributed by atoms with E-state index in [2.05, 4.69) is 0 Å². The molecular formula is C16H21Cl2NO5S. The van der Waals surface area contributed by atoms with Crippen LogP contribution in [0.4, 0.5) is 0 Å². The molecular weight excluding hydrogens is 389 g/mol. The van der Waals surface area contributed by atoms with Gasteiger partial charge >= 0.3 is 5.97 Å². The SMILES string of the molecule is CCOC(=O)[C@H](c1cc(Cl)cc(Cl)c1)N(CC)C(=O)CCS(C)(=O)=O. The molecule has 1 amide bonds. The van der Waals surface area contributed by atoms with E-state index in [0.717, 1.165) is 6.26 Å². The molecule has 1 rings (SSSR count). The van der Waals surface area contributed by atoms with Crippen molar-refractivity contribution in [2.24, 2.45) is 0 Å². The van der Waals surface area contributed by atoms with Crippen LogP contribution in [0.15, 0.2) is 18.2 Å². The molecule has 25 heavy (non-hydrogen) atoms. The van der Waals surface area contributed by atoms with Gasteiger partial charge < -0.3 is 9.64 Å². The van der Waals surface area contributed by atoms with E-state index < -0.39 is 27.8 Å². The van der Waals surface area contributed by atoms with Crippen LogP contribution in [0.1, 0.15) is 31.9 Å². The summed E-state index contributed by atoms with van der Waals surface area (Å²) in [5, 5.41) is 0.632. The average molecular weight is 410 g/mol. The first-order valence-corrected chi connectivity index (χ1v) is 10.5. The maximum Gasteiger partial charge on any atom is 0.333 e. The van der Waals surface area contributed by atoms with Gasteiger partial charge in [-0.05, 0) is 37.6 Å². The molecule has 6 nitrogen and oxygen atoms in total. The van der Waals surface area contributed by atoms with Crippen molar-refractivity contribution in [2.45, 2.75) is 26.3 Å². The van der Waals surface area contributed by atoms with Gasteiger partial charge in [-0.2, -0.15) is 0 Å². The second kappa shape index (κ2) is 9.40. The second-order valence-corrected chi connectivity index (χ2v) is 8.55. The summed E-state index contributed by atoms with van der Waals surface area (Å²) in [6.45, 7) is 3.67. The third-order valence-corrected chi connectivity index (χ3v) is 4.75. The second-order valence-electron chi connectivity index (χ2n) is 5.42. The van der Waals surface area contributed by atoms with Gasteiger partial charge in [0.05, 0.1) is 12.4 Å². The first-order valence-electron chi connectivity index (χ1n) is 7.68. The number of benzene rings is 1. The van der Waals surface area contributed by atoms with E-state index >= 15 is 0 Å². The van der Waals surface area contributed by atoms with Gasteiger partial charge in [0.2, 0.25) is 5.91 Å². The van der Waals surface area contributed by atoms with E-state index in [1.807, 2.05) is 0 Å². The smallest absolute Gasteiger partial charge is 0.333 e. The van der Waals surface area contributed by atoms with Crippen LogP contribution in [-0.4, -0.2) is 50.4 Å². The molecule has 0 saturated carbocycles. The maximum atomic E-state index is 12.5. The number of hydrogen-bond donors (Lipinski definition) is 0. The van der Waals surface area contributed by atoms with Crippen LogP contribution in [-0.2, 0) is 24.2 Å². The molecule has 0 heterocycles. The zero-order chi connectivity index (χ0) is 19.2. The number of carbonyl (C=O) groups excluding carboxylic acids is 2. The number of nitrogens with zero attached hydrogens (tertiary/aromatic N) is 1. The third-order valence-electron chi connectivity index (χ3n) is 3.37. The van der Waals surface area contributed by atoms with Gasteiger partial charge in [0, 0.05) is 29.3 Å². The summed E-state index contributed by atoms with van der Waals surface area (Å²) in [5.74, 6) is -1.40. The molecule has 1 atom stereocenters. The van der Waals surface area contributed by atoms with E-state index in [0.29, 0.717) is 15.6 Å². The highest BCUT2D eigenvalue weighted by Gasteiger charge is 2.32. The topological polar surface area (TPSA) is 80.8 Å². The van der Waals surface area contributed by atoms with Gasteiger partial charge in [0.25, 0.3) is 0 Å². The Morgan fingerprint density at radius 3 is 2.16 bits per heavy atom. The lowest BCUT2D eigenvalue weighted by Crippen LogP contribution is -2.40. The van der Waals surface area contributed by atoms with Crippen LogP contribution >= 0.6 is 23.2 Å². The first kappa shape index (κ1) is 21.7. The molecule has 0 bridgehead atoms. The van der Waals surface area contributed by atoms with Crippen molar-refractivity contribution in [3.63, 3.8) is 0 Å². The molecule has 1 aromatic rings. The van der Waals surface area contributed by atoms with Crippen molar-refractivity contribution in [2.75, 3.05) is 25.2 Å². The minimum Gasteiger partial charge on any atom is -0.464 e. The Balaban J connectivity index is 3.23. The summed E-state index contributed by atoms with van der Waals surface area (Å²) in [6, 6.07) is 3.52. The molecule has 9 heteroatoms. The standard InChI is InChI=1S/C16H21Cl2NO5S/c1-4-19(14(20)6-7-25(3,22)23)15(16(21)24-5-2)11-8-12(17)10-13(18)9-11/h8-10,15H,4-7H2,1-3H3/t15-/m0/s1. The van der Waals surface area contributed by atoms with Gasteiger partial charge in [0.1, 0.15) is 9.84 Å². The maximum absolute atomic E-state index is 12.5. The van der Waals surface area contributed by atoms with Gasteiger partial charge in [0.15, 0.2) is 6.04 Å². The number of sulfone groups is 1. The van der Waals surface area contributed by atoms with Crippen LogP contribution in [0.2, 0.25) is 10.0 Å². The number of likely N-dealkylation sites (N-methyl/N-ethyl adjacent to an activating group) is 1. The fourth-order valence-corrected chi connectivity index (χ4v) is 3.41. The van der Waals surface area contributed by atoms with Crippen molar-refractivity contribution >= 4 is 44.9 Å². The molecule has 0 aliphatic heterocycles. The van der Waals surface area contributed by atoms with E-state index in [1.54, 1.807) is 13.8 Å². The highest BCUT2D eigenvalue weighted by atomic mass is 35.5. The van der Waals surface area contributed by atoms with E-state index in [9.17, 15) is 18.0 Å². The lowest BCUT2D eigenvalue weighted by Gasteiger charge is -2.29. The summed E-state index contributed by atoms with van der Waals surface area (Å²) < 4.78 is 27.7. The van der Waals surface area contributed by atoms with Crippen molar-refractivity contribution in [1.82, 2.24) is 4.90 Å². The summed E-state index contributed by atoms with van der Waals surface area (Å²) in [6.07, 6.45) is 0.826. The van der Waals surface area contributed by atoms with Crippen molar-refractivity contribution in [3.8, 4) is 0 Å². The van der Waals surface area contributed by atoms with Gasteiger partial charge in [-0.3, -0.25) is 4.79 Å². The van der Waals surface area contributed by atoms with E-state index in [1.165, 1.54) is 23.1 Å². The monoisotopic (exact) mass is 409 g/mol. The van der Waals surface area contributed by atoms with E-state index in [-0.39, 0.29) is 25.3 Å². The molecule has 0 fully saturated rings. The van der Waals surface area contributed by atoms with Crippen molar-refractivity contribution < 1.29 is 22.7 Å². The van der Waals surface area contributed by atoms with Crippen molar-refractivity contribution in [3.05, 3.63) is 33.8 Å². The number of carbonyl (C=O) groups is 2. The molecule has 0 N–H and O–H groups in total. The Hall–Kier alpha value is -1.31. The molecule has 0 spiro atoms. The number of rotatable bonds is 8. The number of esters is 1. The predicted molar refractivity (Wildman–Crippen MR) is 97.6 cm³/mol. The van der Waals surface area contributed by atoms with Crippen LogP contribution < -0.4 is 0 Å². The molecule has 0 aliphatic rings. The third kappa shape index (κ3) is 6.84. The minimum atomic E-state index is -3.30. The molecule has 1 aromatic carbocycles. The Morgan fingerprint density at radius 1 is 1.16 bits per heavy atom. The Morgan fingerprint density at radius 2 is 1.72 bits per heavy atom. The summed E-state index contributed by atoms with van der Waals surface area (Å²) in [4.78, 5) is 26.2. The van der Waals surface area contributed by atoms with E-state index in [4.69, 9.17) is 27.9 Å². The Labute approximate surface area is 158 Å². The quantitative estimate of drug-likeness (QED) is 0.616. The van der Waals surface area contributed by atoms with Crippen LogP contribution in [0.5, 0.6) is 0 Å². The highest BCUT2D eigenvalue weighted by molar-refractivity contribution is 7.90. The number of hydrogen-bond acceptors (Lipinski definition) is 5. The lowest BCUT2D eigenvalue weighted by molar-refractivity contribution is -0.155. The zero-order valence-electron chi connectivity index (χ0n) is 14.3. The zero-order valence-corrected chi connectivity index (χ0v) is 16.6. The average Bonchev–Trinajstić information content (AvgIpc) is 2.48. The summed E-state index contributed by atoms with van der Waals surface area (Å²) >= 11 is 12.0. The normalized spacial score (nSPS) is 12.5. The number of ether oxygens (including phenoxy) is 1. The van der Waals surface area contributed by atoms with Gasteiger partial charge in [-0.15, -0.1) is 0 Å². The molecule has 0 radical (unpaired) electrons. The van der Waals surface area contributed by atoms with Crippen molar-refractivity contribution in [1.29, 1.82) is 0 Å². The fourth-order valence-electron chi connectivity index (χ4n) is 2.32. The molecule has 140 valence electrons. The molecule has 0 saturated heterocycles. The Bertz CT molecular complexity index is 716. The van der Waals surface area contributed by atoms with Gasteiger partial charge in [-0.1, -0.05) is 23.2 Å². The lowest BCUT2D eigenvalue weighted by atomic mass is 10.0. The van der Waals surface area contributed by atoms with Gasteiger partial charge in [-0.25, -0.2) is 13.2 Å². The largest absolute Gasteiger partial charge is 0.464 e.